The van der Waals surface area contributed by atoms with Gasteiger partial charge in [0.25, 0.3) is 5.91 Å². The van der Waals surface area contributed by atoms with Gasteiger partial charge in [0.05, 0.1) is 13.2 Å². The lowest BCUT2D eigenvalue weighted by molar-refractivity contribution is 0.0946. The van der Waals surface area contributed by atoms with Gasteiger partial charge in [-0.25, -0.2) is 9.97 Å². The van der Waals surface area contributed by atoms with Crippen molar-refractivity contribution in [1.29, 1.82) is 0 Å². The van der Waals surface area contributed by atoms with Crippen LogP contribution in [0.25, 0.3) is 0 Å². The number of nitrogens with one attached hydrogen (secondary N) is 1. The van der Waals surface area contributed by atoms with E-state index in [1.54, 1.807) is 18.3 Å². The molecule has 0 aliphatic carbocycles. The van der Waals surface area contributed by atoms with Crippen LogP contribution in [-0.2, 0) is 6.54 Å². The second-order valence-electron chi connectivity index (χ2n) is 4.27. The second kappa shape index (κ2) is 7.53. The molecule has 0 fully saturated rings. The molecule has 1 amide bonds. The maximum atomic E-state index is 11.9. The number of carbonyl (C=O) groups excluding carboxylic acids is 1. The van der Waals surface area contributed by atoms with Crippen LogP contribution in [0.15, 0.2) is 23.7 Å². The molecule has 2 aromatic heterocycles. The Hall–Kier alpha value is -2.23. The van der Waals surface area contributed by atoms with Crippen molar-refractivity contribution in [3.05, 3.63) is 45.7 Å². The van der Waals surface area contributed by atoms with Crippen LogP contribution < -0.4 is 5.32 Å². The molecule has 2 rings (SSSR count). The molecule has 5 nitrogen and oxygen atoms in total. The Bertz CT molecular complexity index is 668. The molecule has 0 aromatic carbocycles. The fourth-order valence-corrected chi connectivity index (χ4v) is 2.26. The third kappa shape index (κ3) is 4.67. The zero-order valence-corrected chi connectivity index (χ0v) is 12.4. The highest BCUT2D eigenvalue weighted by Gasteiger charge is 2.07. The molecular weight excluding hydrogens is 286 g/mol. The van der Waals surface area contributed by atoms with E-state index in [1.165, 1.54) is 11.3 Å². The number of aryl methyl sites for hydroxylation is 1. The predicted octanol–water partition coefficient (Wildman–Crippen LogP) is 1.51. The van der Waals surface area contributed by atoms with Crippen molar-refractivity contribution < 1.29 is 9.90 Å². The Morgan fingerprint density at radius 2 is 2.33 bits per heavy atom. The van der Waals surface area contributed by atoms with E-state index in [0.717, 1.165) is 16.3 Å². The Morgan fingerprint density at radius 3 is 2.95 bits per heavy atom. The van der Waals surface area contributed by atoms with Crippen molar-refractivity contribution in [2.45, 2.75) is 19.9 Å². The van der Waals surface area contributed by atoms with Crippen molar-refractivity contribution in [2.24, 2.45) is 0 Å². The smallest absolute Gasteiger partial charge is 0.270 e. The molecule has 2 aromatic rings. The van der Waals surface area contributed by atoms with E-state index in [4.69, 9.17) is 5.11 Å². The van der Waals surface area contributed by atoms with E-state index in [2.05, 4.69) is 27.1 Å². The lowest BCUT2D eigenvalue weighted by Gasteiger charge is -2.02. The summed E-state index contributed by atoms with van der Waals surface area (Å²) in [5.74, 6) is 5.42. The highest BCUT2D eigenvalue weighted by atomic mass is 32.1. The first-order valence-corrected chi connectivity index (χ1v) is 7.32. The highest BCUT2D eigenvalue weighted by molar-refractivity contribution is 7.09. The predicted molar refractivity (Wildman–Crippen MR) is 80.8 cm³/mol. The van der Waals surface area contributed by atoms with Crippen LogP contribution in [0.1, 0.15) is 33.2 Å². The van der Waals surface area contributed by atoms with Crippen molar-refractivity contribution in [2.75, 3.05) is 6.61 Å². The second-order valence-corrected chi connectivity index (χ2v) is 5.22. The zero-order valence-electron chi connectivity index (χ0n) is 11.6. The minimum Gasteiger partial charge on any atom is -0.395 e. The number of aromatic nitrogens is 2. The van der Waals surface area contributed by atoms with Crippen LogP contribution in [0.2, 0.25) is 0 Å². The average molecular weight is 301 g/mol. The van der Waals surface area contributed by atoms with Crippen LogP contribution in [0.3, 0.4) is 0 Å². The van der Waals surface area contributed by atoms with Gasteiger partial charge in [0.1, 0.15) is 10.7 Å². The first-order chi connectivity index (χ1) is 10.2. The minimum absolute atomic E-state index is 0.0388. The summed E-state index contributed by atoms with van der Waals surface area (Å²) in [6.07, 6.45) is 1.97. The molecule has 0 bridgehead atoms. The standard InChI is InChI=1S/C15H15N3O2S/c1-11-10-21-14(18-11)9-17-15(20)13-6-5-12(8-16-13)4-2-3-7-19/h5-6,8,10,19H,3,7,9H2,1H3,(H,17,20). The molecule has 0 unspecified atom stereocenters. The van der Waals surface area contributed by atoms with Gasteiger partial charge in [-0.3, -0.25) is 4.79 Å². The van der Waals surface area contributed by atoms with Gasteiger partial charge in [-0.05, 0) is 19.1 Å². The number of amides is 1. The number of hydrogen-bond acceptors (Lipinski definition) is 5. The van der Waals surface area contributed by atoms with Gasteiger partial charge in [-0.2, -0.15) is 0 Å². The molecule has 0 saturated carbocycles. The van der Waals surface area contributed by atoms with Gasteiger partial charge in [-0.15, -0.1) is 11.3 Å². The van der Waals surface area contributed by atoms with E-state index in [1.807, 2.05) is 12.3 Å². The average Bonchev–Trinajstić information content (AvgIpc) is 2.91. The van der Waals surface area contributed by atoms with E-state index >= 15 is 0 Å². The number of nitrogens with zero attached hydrogens (tertiary/aromatic N) is 2. The van der Waals surface area contributed by atoms with E-state index in [0.29, 0.717) is 18.7 Å². The van der Waals surface area contributed by atoms with Crippen LogP contribution in [0, 0.1) is 18.8 Å². The SMILES string of the molecule is Cc1csc(CNC(=O)c2ccc(C#CCCO)cn2)n1. The summed E-state index contributed by atoms with van der Waals surface area (Å²) in [7, 11) is 0. The Labute approximate surface area is 127 Å². The number of thiazole rings is 1. The number of pyridine rings is 1. The van der Waals surface area contributed by atoms with Gasteiger partial charge in [-0.1, -0.05) is 11.8 Å². The molecule has 0 atom stereocenters. The van der Waals surface area contributed by atoms with Gasteiger partial charge in [0.15, 0.2) is 0 Å². The molecule has 0 radical (unpaired) electrons. The topological polar surface area (TPSA) is 75.1 Å². The minimum atomic E-state index is -0.238. The highest BCUT2D eigenvalue weighted by Crippen LogP contribution is 2.08. The largest absolute Gasteiger partial charge is 0.395 e. The lowest BCUT2D eigenvalue weighted by Crippen LogP contribution is -2.23. The molecule has 2 heterocycles. The van der Waals surface area contributed by atoms with Crippen LogP contribution in [0.5, 0.6) is 0 Å². The Kier molecular flexibility index (Phi) is 5.43. The van der Waals surface area contributed by atoms with Crippen molar-refractivity contribution in [1.82, 2.24) is 15.3 Å². The fourth-order valence-electron chi connectivity index (χ4n) is 1.55. The zero-order chi connectivity index (χ0) is 15.1. The summed E-state index contributed by atoms with van der Waals surface area (Å²) in [5.41, 5.74) is 2.01. The van der Waals surface area contributed by atoms with Crippen molar-refractivity contribution in [3.63, 3.8) is 0 Å². The first-order valence-electron chi connectivity index (χ1n) is 6.44. The summed E-state index contributed by atoms with van der Waals surface area (Å²) < 4.78 is 0. The summed E-state index contributed by atoms with van der Waals surface area (Å²) in [6.45, 7) is 2.36. The molecule has 108 valence electrons. The Morgan fingerprint density at radius 1 is 1.48 bits per heavy atom. The molecule has 21 heavy (non-hydrogen) atoms. The van der Waals surface area contributed by atoms with Crippen LogP contribution in [-0.4, -0.2) is 27.6 Å². The van der Waals surface area contributed by atoms with E-state index in [9.17, 15) is 4.79 Å². The molecular formula is C15H15N3O2S. The molecule has 6 heteroatoms. The van der Waals surface area contributed by atoms with Gasteiger partial charge >= 0.3 is 0 Å². The summed E-state index contributed by atoms with van der Waals surface area (Å²) in [6, 6.07) is 3.37. The maximum Gasteiger partial charge on any atom is 0.270 e. The maximum absolute atomic E-state index is 11.9. The third-order valence-corrected chi connectivity index (χ3v) is 3.50. The third-order valence-electron chi connectivity index (χ3n) is 2.53. The van der Waals surface area contributed by atoms with E-state index in [-0.39, 0.29) is 12.5 Å². The summed E-state index contributed by atoms with van der Waals surface area (Å²) >= 11 is 1.52. The van der Waals surface area contributed by atoms with Gasteiger partial charge in [0.2, 0.25) is 0 Å². The van der Waals surface area contributed by atoms with Crippen molar-refractivity contribution in [3.8, 4) is 11.8 Å². The first kappa shape index (κ1) is 15.2. The summed E-state index contributed by atoms with van der Waals surface area (Å²) in [4.78, 5) is 20.3. The fraction of sp³-hybridized carbons (Fsp3) is 0.267. The van der Waals surface area contributed by atoms with E-state index < -0.39 is 0 Å². The normalized spacial score (nSPS) is 9.81. The molecule has 0 aliphatic heterocycles. The van der Waals surface area contributed by atoms with Gasteiger partial charge < -0.3 is 10.4 Å². The number of rotatable bonds is 4. The summed E-state index contributed by atoms with van der Waals surface area (Å²) in [5, 5.41) is 14.2. The number of aliphatic hydroxyl groups excluding tert-OH is 1. The number of hydrogen-bond donors (Lipinski definition) is 2. The van der Waals surface area contributed by atoms with Crippen LogP contribution in [0.4, 0.5) is 0 Å². The quantitative estimate of drug-likeness (QED) is 0.839. The molecule has 2 N–H and O–H groups in total. The molecule has 0 saturated heterocycles. The monoisotopic (exact) mass is 301 g/mol. The van der Waals surface area contributed by atoms with Crippen molar-refractivity contribution >= 4 is 17.2 Å². The molecule has 0 spiro atoms. The Balaban J connectivity index is 1.92. The number of aliphatic hydroxyl groups is 1. The van der Waals surface area contributed by atoms with Gasteiger partial charge in [0, 0.05) is 29.3 Å². The lowest BCUT2D eigenvalue weighted by atomic mass is 10.2. The van der Waals surface area contributed by atoms with Crippen LogP contribution >= 0.6 is 11.3 Å². The number of carbonyl (C=O) groups is 1. The molecule has 0 aliphatic rings.